The van der Waals surface area contributed by atoms with E-state index in [0.717, 1.165) is 24.5 Å². The number of benzene rings is 1. The van der Waals surface area contributed by atoms with Crippen molar-refractivity contribution in [1.82, 2.24) is 10.6 Å². The summed E-state index contributed by atoms with van der Waals surface area (Å²) in [5, 5.41) is 7.73. The molecule has 0 aliphatic carbocycles. The number of hydrogen-bond acceptors (Lipinski definition) is 2. The average molecular weight is 255 g/mol. The second-order valence-electron chi connectivity index (χ2n) is 4.79. The van der Waals surface area contributed by atoms with Gasteiger partial charge in [0.05, 0.1) is 0 Å². The third-order valence-electron chi connectivity index (χ3n) is 2.65. The highest BCUT2D eigenvalue weighted by Gasteiger charge is 2.01. The van der Waals surface area contributed by atoms with E-state index in [4.69, 9.17) is 11.6 Å². The number of nitrogens with one attached hydrogen (secondary N) is 2. The van der Waals surface area contributed by atoms with Crippen LogP contribution in [0.3, 0.4) is 0 Å². The quantitative estimate of drug-likeness (QED) is 0.782. The van der Waals surface area contributed by atoms with Gasteiger partial charge in [0.2, 0.25) is 0 Å². The van der Waals surface area contributed by atoms with E-state index in [1.54, 1.807) is 0 Å². The van der Waals surface area contributed by atoms with E-state index in [2.05, 4.69) is 43.5 Å². The smallest absolute Gasteiger partial charge is 0.0406 e. The zero-order valence-electron chi connectivity index (χ0n) is 11.0. The van der Waals surface area contributed by atoms with Crippen molar-refractivity contribution < 1.29 is 0 Å². The number of halogens is 1. The highest BCUT2D eigenvalue weighted by atomic mass is 35.5. The molecule has 1 rings (SSSR count). The fraction of sp³-hybridized carbons (Fsp3) is 0.571. The minimum absolute atomic E-state index is 0.504. The zero-order valence-corrected chi connectivity index (χ0v) is 11.7. The largest absolute Gasteiger partial charge is 0.313 e. The second-order valence-corrected chi connectivity index (χ2v) is 5.23. The Bertz CT molecular complexity index is 309. The maximum Gasteiger partial charge on any atom is 0.0406 e. The van der Waals surface area contributed by atoms with E-state index < -0.39 is 0 Å². The van der Waals surface area contributed by atoms with Crippen molar-refractivity contribution in [3.63, 3.8) is 0 Å². The fourth-order valence-corrected chi connectivity index (χ4v) is 1.72. The zero-order chi connectivity index (χ0) is 12.7. The van der Waals surface area contributed by atoms with E-state index in [0.29, 0.717) is 12.1 Å². The molecule has 1 aromatic rings. The van der Waals surface area contributed by atoms with Gasteiger partial charge in [-0.3, -0.25) is 0 Å². The molecule has 0 amide bonds. The Morgan fingerprint density at radius 2 is 1.71 bits per heavy atom. The minimum atomic E-state index is 0.504. The Morgan fingerprint density at radius 1 is 1.06 bits per heavy atom. The molecule has 1 atom stereocenters. The molecule has 0 saturated carbocycles. The summed E-state index contributed by atoms with van der Waals surface area (Å²) >= 11 is 5.84. The van der Waals surface area contributed by atoms with E-state index in [1.165, 1.54) is 5.56 Å². The van der Waals surface area contributed by atoms with Crippen LogP contribution in [-0.4, -0.2) is 25.2 Å². The SMILES string of the molecule is CC(C)NCC(C)NCCc1ccc(Cl)cc1. The van der Waals surface area contributed by atoms with Crippen molar-refractivity contribution in [2.45, 2.75) is 39.3 Å². The molecule has 0 saturated heterocycles. The molecule has 0 fully saturated rings. The summed E-state index contributed by atoms with van der Waals surface area (Å²) in [7, 11) is 0. The van der Waals surface area contributed by atoms with Gasteiger partial charge in [-0.25, -0.2) is 0 Å². The topological polar surface area (TPSA) is 24.1 Å². The molecule has 2 nitrogen and oxygen atoms in total. The van der Waals surface area contributed by atoms with Gasteiger partial charge in [-0.15, -0.1) is 0 Å². The first-order valence-corrected chi connectivity index (χ1v) is 6.67. The number of hydrogen-bond donors (Lipinski definition) is 2. The summed E-state index contributed by atoms with van der Waals surface area (Å²) in [5.41, 5.74) is 1.32. The summed E-state index contributed by atoms with van der Waals surface area (Å²) in [5.74, 6) is 0. The van der Waals surface area contributed by atoms with Crippen molar-refractivity contribution in [2.75, 3.05) is 13.1 Å². The highest BCUT2D eigenvalue weighted by Crippen LogP contribution is 2.09. The van der Waals surface area contributed by atoms with Crippen LogP contribution in [0.1, 0.15) is 26.3 Å². The van der Waals surface area contributed by atoms with Crippen LogP contribution in [-0.2, 0) is 6.42 Å². The van der Waals surface area contributed by atoms with Gasteiger partial charge in [-0.1, -0.05) is 37.6 Å². The van der Waals surface area contributed by atoms with Crippen LogP contribution in [0.4, 0.5) is 0 Å². The predicted octanol–water partition coefficient (Wildman–Crippen LogP) is 2.86. The molecule has 1 unspecified atom stereocenters. The summed E-state index contributed by atoms with van der Waals surface area (Å²) in [4.78, 5) is 0. The van der Waals surface area contributed by atoms with E-state index in [1.807, 2.05) is 12.1 Å². The number of rotatable bonds is 7. The Labute approximate surface area is 110 Å². The molecule has 3 heteroatoms. The lowest BCUT2D eigenvalue weighted by Crippen LogP contribution is -2.39. The van der Waals surface area contributed by atoms with Gasteiger partial charge < -0.3 is 10.6 Å². The molecular weight excluding hydrogens is 232 g/mol. The molecule has 2 N–H and O–H groups in total. The molecule has 0 bridgehead atoms. The van der Waals surface area contributed by atoms with Crippen LogP contribution < -0.4 is 10.6 Å². The minimum Gasteiger partial charge on any atom is -0.313 e. The van der Waals surface area contributed by atoms with E-state index >= 15 is 0 Å². The third kappa shape index (κ3) is 6.67. The van der Waals surface area contributed by atoms with Crippen molar-refractivity contribution in [3.8, 4) is 0 Å². The first kappa shape index (κ1) is 14.5. The molecule has 0 radical (unpaired) electrons. The summed E-state index contributed by atoms with van der Waals surface area (Å²) in [6.45, 7) is 8.55. The second kappa shape index (κ2) is 7.70. The van der Waals surface area contributed by atoms with E-state index in [9.17, 15) is 0 Å². The lowest BCUT2D eigenvalue weighted by atomic mass is 10.1. The Balaban J connectivity index is 2.16. The van der Waals surface area contributed by atoms with Gasteiger partial charge in [-0.05, 0) is 37.6 Å². The normalized spacial score (nSPS) is 13.0. The molecule has 1 aromatic carbocycles. The van der Waals surface area contributed by atoms with Crippen LogP contribution in [0.15, 0.2) is 24.3 Å². The molecule has 0 spiro atoms. The van der Waals surface area contributed by atoms with E-state index in [-0.39, 0.29) is 0 Å². The molecule has 0 aliphatic rings. The van der Waals surface area contributed by atoms with Gasteiger partial charge in [0, 0.05) is 23.7 Å². The summed E-state index contributed by atoms with van der Waals surface area (Å²) < 4.78 is 0. The van der Waals surface area contributed by atoms with Gasteiger partial charge in [0.25, 0.3) is 0 Å². The van der Waals surface area contributed by atoms with Gasteiger partial charge in [0.15, 0.2) is 0 Å². The van der Waals surface area contributed by atoms with Crippen LogP contribution in [0.5, 0.6) is 0 Å². The van der Waals surface area contributed by atoms with Crippen molar-refractivity contribution >= 4 is 11.6 Å². The summed E-state index contributed by atoms with van der Waals surface area (Å²) in [6.07, 6.45) is 1.04. The Hall–Kier alpha value is -0.570. The predicted molar refractivity (Wildman–Crippen MR) is 75.8 cm³/mol. The van der Waals surface area contributed by atoms with Crippen molar-refractivity contribution in [1.29, 1.82) is 0 Å². The first-order chi connectivity index (χ1) is 8.08. The molecule has 0 aromatic heterocycles. The average Bonchev–Trinajstić information content (AvgIpc) is 2.29. The Kier molecular flexibility index (Phi) is 6.56. The molecule has 0 heterocycles. The van der Waals surface area contributed by atoms with Crippen molar-refractivity contribution in [2.24, 2.45) is 0 Å². The summed E-state index contributed by atoms with van der Waals surface area (Å²) in [6, 6.07) is 9.11. The van der Waals surface area contributed by atoms with Crippen LogP contribution in [0.25, 0.3) is 0 Å². The molecule has 17 heavy (non-hydrogen) atoms. The molecule has 0 aliphatic heterocycles. The maximum absolute atomic E-state index is 5.84. The molecular formula is C14H23ClN2. The van der Waals surface area contributed by atoms with Crippen LogP contribution in [0.2, 0.25) is 5.02 Å². The highest BCUT2D eigenvalue weighted by molar-refractivity contribution is 6.30. The van der Waals surface area contributed by atoms with Crippen LogP contribution in [0, 0.1) is 0 Å². The third-order valence-corrected chi connectivity index (χ3v) is 2.90. The molecule has 96 valence electrons. The van der Waals surface area contributed by atoms with Gasteiger partial charge in [0.1, 0.15) is 0 Å². The lowest BCUT2D eigenvalue weighted by molar-refractivity contribution is 0.477. The monoisotopic (exact) mass is 254 g/mol. The lowest BCUT2D eigenvalue weighted by Gasteiger charge is -2.16. The Morgan fingerprint density at radius 3 is 2.29 bits per heavy atom. The van der Waals surface area contributed by atoms with Crippen molar-refractivity contribution in [3.05, 3.63) is 34.9 Å². The maximum atomic E-state index is 5.84. The van der Waals surface area contributed by atoms with Crippen LogP contribution >= 0.6 is 11.6 Å². The van der Waals surface area contributed by atoms with Gasteiger partial charge in [-0.2, -0.15) is 0 Å². The standard InChI is InChI=1S/C14H23ClN2/c1-11(2)17-10-12(3)16-9-8-13-4-6-14(15)7-5-13/h4-7,11-12,16-17H,8-10H2,1-3H3. The first-order valence-electron chi connectivity index (χ1n) is 6.29. The van der Waals surface area contributed by atoms with Gasteiger partial charge >= 0.3 is 0 Å². The fourth-order valence-electron chi connectivity index (χ4n) is 1.60.